The Hall–Kier alpha value is -1.84. The Bertz CT molecular complexity index is 436. The lowest BCUT2D eigenvalue weighted by atomic mass is 10.2. The topological polar surface area (TPSA) is 27.1 Å². The van der Waals surface area contributed by atoms with Crippen molar-refractivity contribution in [3.8, 4) is 5.75 Å². The third-order valence-corrected chi connectivity index (χ3v) is 2.10. The number of halogens is 1. The van der Waals surface area contributed by atoms with Crippen LogP contribution >= 0.6 is 0 Å². The minimum absolute atomic E-state index is 0.225. The molecular weight excluding hydrogens is 195 g/mol. The summed E-state index contributed by atoms with van der Waals surface area (Å²) in [5.41, 5.74) is 1.00. The number of ether oxygens (including phenoxy) is 1. The van der Waals surface area contributed by atoms with Gasteiger partial charge in [-0.2, -0.15) is 5.10 Å². The molecule has 0 fully saturated rings. The summed E-state index contributed by atoms with van der Waals surface area (Å²) >= 11 is 0. The van der Waals surface area contributed by atoms with Crippen molar-refractivity contribution < 1.29 is 9.13 Å². The van der Waals surface area contributed by atoms with E-state index < -0.39 is 0 Å². The Morgan fingerprint density at radius 2 is 2.07 bits per heavy atom. The molecule has 0 N–H and O–H groups in total. The molecule has 2 rings (SSSR count). The van der Waals surface area contributed by atoms with Crippen molar-refractivity contribution in [1.82, 2.24) is 9.78 Å². The number of hydrogen-bond donors (Lipinski definition) is 0. The molecule has 0 radical (unpaired) electrons. The van der Waals surface area contributed by atoms with Crippen molar-refractivity contribution in [2.24, 2.45) is 0 Å². The summed E-state index contributed by atoms with van der Waals surface area (Å²) in [4.78, 5) is 0. The molecule has 0 atom stereocenters. The smallest absolute Gasteiger partial charge is 0.156 e. The van der Waals surface area contributed by atoms with Gasteiger partial charge in [0.15, 0.2) is 5.75 Å². The molecule has 0 saturated heterocycles. The summed E-state index contributed by atoms with van der Waals surface area (Å²) in [5.74, 6) is 0.494. The van der Waals surface area contributed by atoms with E-state index in [0.717, 1.165) is 11.3 Å². The molecule has 0 spiro atoms. The average molecular weight is 206 g/mol. The van der Waals surface area contributed by atoms with Gasteiger partial charge in [0.2, 0.25) is 0 Å². The predicted octanol–water partition coefficient (Wildman–Crippen LogP) is 2.08. The summed E-state index contributed by atoms with van der Waals surface area (Å²) in [6.07, 6.45) is 3.44. The highest BCUT2D eigenvalue weighted by molar-refractivity contribution is 5.18. The minimum Gasteiger partial charge on any atom is -0.493 e. The van der Waals surface area contributed by atoms with Crippen LogP contribution in [0, 0.1) is 5.82 Å². The quantitative estimate of drug-likeness (QED) is 0.768. The van der Waals surface area contributed by atoms with Gasteiger partial charge in [-0.3, -0.25) is 4.68 Å². The molecule has 1 aromatic heterocycles. The van der Waals surface area contributed by atoms with Gasteiger partial charge in [0.1, 0.15) is 5.82 Å². The van der Waals surface area contributed by atoms with Crippen molar-refractivity contribution in [1.29, 1.82) is 0 Å². The van der Waals surface area contributed by atoms with E-state index in [2.05, 4.69) is 5.10 Å². The number of nitrogens with zero attached hydrogens (tertiary/aromatic N) is 2. The molecule has 0 bridgehead atoms. The number of aromatic nitrogens is 2. The van der Waals surface area contributed by atoms with Gasteiger partial charge in [0.25, 0.3) is 0 Å². The zero-order valence-electron chi connectivity index (χ0n) is 8.35. The van der Waals surface area contributed by atoms with E-state index >= 15 is 0 Å². The van der Waals surface area contributed by atoms with Crippen molar-refractivity contribution >= 4 is 0 Å². The predicted molar refractivity (Wildman–Crippen MR) is 54.3 cm³/mol. The van der Waals surface area contributed by atoms with Crippen LogP contribution in [0.2, 0.25) is 0 Å². The molecule has 1 aromatic carbocycles. The first-order valence-corrected chi connectivity index (χ1v) is 4.59. The highest BCUT2D eigenvalue weighted by atomic mass is 19.1. The minimum atomic E-state index is -0.225. The van der Waals surface area contributed by atoms with Gasteiger partial charge in [0.05, 0.1) is 26.0 Å². The second-order valence-electron chi connectivity index (χ2n) is 3.20. The first-order valence-electron chi connectivity index (χ1n) is 4.59. The van der Waals surface area contributed by atoms with Gasteiger partial charge in [-0.25, -0.2) is 4.39 Å². The Morgan fingerprint density at radius 1 is 1.33 bits per heavy atom. The van der Waals surface area contributed by atoms with Crippen molar-refractivity contribution in [3.63, 3.8) is 0 Å². The summed E-state index contributed by atoms with van der Waals surface area (Å²) < 4.78 is 19.4. The Labute approximate surface area is 87.1 Å². The van der Waals surface area contributed by atoms with Crippen LogP contribution in [0.5, 0.6) is 5.75 Å². The second kappa shape index (κ2) is 4.13. The number of hydrogen-bond acceptors (Lipinski definition) is 2. The molecular formula is C11H11FN2O. The van der Waals surface area contributed by atoms with E-state index in [9.17, 15) is 4.39 Å². The molecule has 0 amide bonds. The molecule has 0 aliphatic heterocycles. The standard InChI is InChI=1S/C11H11FN2O/c1-15-11-6-13-14(8-11)7-9-2-4-10(12)5-3-9/h2-6,8H,7H2,1H3. The zero-order valence-corrected chi connectivity index (χ0v) is 8.35. The van der Waals surface area contributed by atoms with E-state index in [-0.39, 0.29) is 5.82 Å². The molecule has 0 saturated carbocycles. The molecule has 78 valence electrons. The number of rotatable bonds is 3. The maximum absolute atomic E-state index is 12.6. The normalized spacial score (nSPS) is 10.3. The molecule has 0 aliphatic rings. The van der Waals surface area contributed by atoms with Gasteiger partial charge in [-0.1, -0.05) is 12.1 Å². The highest BCUT2D eigenvalue weighted by Crippen LogP contribution is 2.09. The maximum atomic E-state index is 12.6. The molecule has 4 heteroatoms. The van der Waals surface area contributed by atoms with Gasteiger partial charge in [0, 0.05) is 0 Å². The van der Waals surface area contributed by atoms with Crippen LogP contribution in [-0.4, -0.2) is 16.9 Å². The number of benzene rings is 1. The highest BCUT2D eigenvalue weighted by Gasteiger charge is 1.99. The van der Waals surface area contributed by atoms with E-state index in [1.54, 1.807) is 36.3 Å². The first-order chi connectivity index (χ1) is 7.28. The van der Waals surface area contributed by atoms with Gasteiger partial charge < -0.3 is 4.74 Å². The van der Waals surface area contributed by atoms with Crippen LogP contribution in [-0.2, 0) is 6.54 Å². The fourth-order valence-corrected chi connectivity index (χ4v) is 1.31. The van der Waals surface area contributed by atoms with Crippen LogP contribution in [0.25, 0.3) is 0 Å². The summed E-state index contributed by atoms with van der Waals surface area (Å²) in [6.45, 7) is 0.615. The van der Waals surface area contributed by atoms with E-state index in [1.807, 2.05) is 0 Å². The lowest BCUT2D eigenvalue weighted by Crippen LogP contribution is -1.99. The van der Waals surface area contributed by atoms with Crippen LogP contribution < -0.4 is 4.74 Å². The monoisotopic (exact) mass is 206 g/mol. The van der Waals surface area contributed by atoms with Crippen molar-refractivity contribution in [2.45, 2.75) is 6.54 Å². The third-order valence-electron chi connectivity index (χ3n) is 2.10. The second-order valence-corrected chi connectivity index (χ2v) is 3.20. The van der Waals surface area contributed by atoms with Gasteiger partial charge in [-0.15, -0.1) is 0 Å². The lowest BCUT2D eigenvalue weighted by Gasteiger charge is -2.00. The maximum Gasteiger partial charge on any atom is 0.156 e. The summed E-state index contributed by atoms with van der Waals surface area (Å²) in [5, 5.41) is 4.10. The Morgan fingerprint density at radius 3 is 2.67 bits per heavy atom. The fourth-order valence-electron chi connectivity index (χ4n) is 1.31. The van der Waals surface area contributed by atoms with Crippen LogP contribution in [0.15, 0.2) is 36.7 Å². The number of methoxy groups -OCH3 is 1. The summed E-state index contributed by atoms with van der Waals surface area (Å²) in [6, 6.07) is 6.36. The average Bonchev–Trinajstić information content (AvgIpc) is 2.69. The molecule has 0 aliphatic carbocycles. The van der Waals surface area contributed by atoms with E-state index in [1.165, 1.54) is 12.1 Å². The molecule has 0 unspecified atom stereocenters. The van der Waals surface area contributed by atoms with E-state index in [4.69, 9.17) is 4.74 Å². The van der Waals surface area contributed by atoms with Crippen LogP contribution in [0.4, 0.5) is 4.39 Å². The fraction of sp³-hybridized carbons (Fsp3) is 0.182. The molecule has 2 aromatic rings. The Balaban J connectivity index is 2.11. The van der Waals surface area contributed by atoms with Gasteiger partial charge >= 0.3 is 0 Å². The van der Waals surface area contributed by atoms with Crippen molar-refractivity contribution in [2.75, 3.05) is 7.11 Å². The third kappa shape index (κ3) is 2.34. The largest absolute Gasteiger partial charge is 0.493 e. The molecule has 1 heterocycles. The molecule has 15 heavy (non-hydrogen) atoms. The Kier molecular flexibility index (Phi) is 2.67. The van der Waals surface area contributed by atoms with Crippen LogP contribution in [0.3, 0.4) is 0 Å². The molecule has 3 nitrogen and oxygen atoms in total. The van der Waals surface area contributed by atoms with E-state index in [0.29, 0.717) is 6.54 Å². The lowest BCUT2D eigenvalue weighted by molar-refractivity contribution is 0.414. The van der Waals surface area contributed by atoms with Crippen molar-refractivity contribution in [3.05, 3.63) is 48.0 Å². The summed E-state index contributed by atoms with van der Waals surface area (Å²) in [7, 11) is 1.60. The van der Waals surface area contributed by atoms with Crippen LogP contribution in [0.1, 0.15) is 5.56 Å². The SMILES string of the molecule is COc1cnn(Cc2ccc(F)cc2)c1. The first kappa shape index (κ1) is 9.71. The zero-order chi connectivity index (χ0) is 10.7. The van der Waals surface area contributed by atoms with Gasteiger partial charge in [-0.05, 0) is 17.7 Å².